The largest absolute Gasteiger partial charge is 0.507 e. The Balaban J connectivity index is 1.57. The summed E-state index contributed by atoms with van der Waals surface area (Å²) in [5.74, 6) is 0.432. The topological polar surface area (TPSA) is 96.2 Å². The average Bonchev–Trinajstić information content (AvgIpc) is 3.52. The molecule has 0 spiro atoms. The Morgan fingerprint density at radius 1 is 1.18 bits per heavy atom. The Kier molecular flexibility index (Phi) is 6.70. The first-order valence-corrected chi connectivity index (χ1v) is 11.4. The number of hydrogen-bond donors (Lipinski definition) is 3. The number of nitrogens with one attached hydrogen (secondary N) is 2. The van der Waals surface area contributed by atoms with Crippen molar-refractivity contribution < 1.29 is 14.7 Å². The number of aromatic nitrogens is 2. The lowest BCUT2D eigenvalue weighted by Gasteiger charge is -2.10. The molecule has 0 aliphatic heterocycles. The number of rotatable bonds is 7. The van der Waals surface area contributed by atoms with Gasteiger partial charge in [0.1, 0.15) is 5.75 Å². The van der Waals surface area contributed by atoms with Crippen LogP contribution in [0.4, 0.5) is 10.5 Å². The smallest absolute Gasteiger partial charge is 0.342 e. The molecule has 0 saturated heterocycles. The van der Waals surface area contributed by atoms with E-state index < -0.39 is 0 Å². The maximum Gasteiger partial charge on any atom is 0.342 e. The number of aromatic hydroxyl groups is 1. The van der Waals surface area contributed by atoms with Gasteiger partial charge in [-0.1, -0.05) is 43.6 Å². The summed E-state index contributed by atoms with van der Waals surface area (Å²) in [5, 5.41) is 21.3. The highest BCUT2D eigenvalue weighted by atomic mass is 35.5. The van der Waals surface area contributed by atoms with Crippen molar-refractivity contribution in [2.75, 3.05) is 5.32 Å². The van der Waals surface area contributed by atoms with Crippen LogP contribution in [0.25, 0.3) is 11.3 Å². The molecule has 1 heterocycles. The Bertz CT molecular complexity index is 1180. The van der Waals surface area contributed by atoms with E-state index in [1.807, 2.05) is 38.1 Å². The molecule has 1 aliphatic carbocycles. The number of benzene rings is 2. The molecule has 1 aliphatic rings. The highest BCUT2D eigenvalue weighted by Crippen LogP contribution is 2.42. The zero-order chi connectivity index (χ0) is 23.5. The average molecular weight is 467 g/mol. The first-order chi connectivity index (χ1) is 15.8. The summed E-state index contributed by atoms with van der Waals surface area (Å²) in [5.41, 5.74) is 3.11. The van der Waals surface area contributed by atoms with Gasteiger partial charge >= 0.3 is 6.03 Å². The summed E-state index contributed by atoms with van der Waals surface area (Å²) in [6.45, 7) is 4.23. The van der Waals surface area contributed by atoms with Crippen LogP contribution in [0.15, 0.2) is 48.5 Å². The fourth-order valence-corrected chi connectivity index (χ4v) is 3.85. The van der Waals surface area contributed by atoms with E-state index in [4.69, 9.17) is 11.6 Å². The molecular weight excluding hydrogens is 440 g/mol. The Morgan fingerprint density at radius 2 is 1.94 bits per heavy atom. The standard InChI is InChI=1S/C25H27ClN4O3/c1-15(2)11-24(32)28-18-9-10-23(31)19(12-18)21-13-22(16-7-8-16)30(29-21)25(33)27-14-17-5-3-4-6-20(17)26/h3-6,9-10,12-13,15-16,31H,7-8,11,14H2,1-2H3,(H,27,33)(H,28,32). The quantitative estimate of drug-likeness (QED) is 0.399. The van der Waals surface area contributed by atoms with Gasteiger partial charge in [0, 0.05) is 35.2 Å². The summed E-state index contributed by atoms with van der Waals surface area (Å²) < 4.78 is 1.37. The monoisotopic (exact) mass is 466 g/mol. The molecule has 3 aromatic rings. The van der Waals surface area contributed by atoms with E-state index in [-0.39, 0.29) is 36.1 Å². The van der Waals surface area contributed by atoms with E-state index >= 15 is 0 Å². The van der Waals surface area contributed by atoms with Crippen LogP contribution in [0.5, 0.6) is 5.75 Å². The van der Waals surface area contributed by atoms with Gasteiger partial charge in [-0.3, -0.25) is 4.79 Å². The molecule has 7 nitrogen and oxygen atoms in total. The molecule has 2 aromatic carbocycles. The highest BCUT2D eigenvalue weighted by Gasteiger charge is 2.31. The molecule has 4 rings (SSSR count). The number of anilines is 1. The SMILES string of the molecule is CC(C)CC(=O)Nc1ccc(O)c(-c2cc(C3CC3)n(C(=O)NCc3ccccc3Cl)n2)c1. The van der Waals surface area contributed by atoms with Crippen molar-refractivity contribution in [3.8, 4) is 17.0 Å². The van der Waals surface area contributed by atoms with Crippen LogP contribution < -0.4 is 10.6 Å². The van der Waals surface area contributed by atoms with Crippen LogP contribution >= 0.6 is 11.6 Å². The lowest BCUT2D eigenvalue weighted by molar-refractivity contribution is -0.116. The number of amides is 2. The van der Waals surface area contributed by atoms with E-state index in [2.05, 4.69) is 15.7 Å². The van der Waals surface area contributed by atoms with Crippen molar-refractivity contribution in [1.82, 2.24) is 15.1 Å². The third kappa shape index (κ3) is 5.54. The van der Waals surface area contributed by atoms with Gasteiger partial charge in [-0.05, 0) is 54.7 Å². The van der Waals surface area contributed by atoms with E-state index in [1.54, 1.807) is 18.2 Å². The van der Waals surface area contributed by atoms with Crippen LogP contribution in [0, 0.1) is 5.92 Å². The van der Waals surface area contributed by atoms with Crippen molar-refractivity contribution in [2.45, 2.75) is 45.6 Å². The van der Waals surface area contributed by atoms with Crippen LogP contribution in [0.2, 0.25) is 5.02 Å². The summed E-state index contributed by atoms with van der Waals surface area (Å²) in [6, 6.07) is 13.7. The predicted octanol–water partition coefficient (Wildman–Crippen LogP) is 5.53. The number of phenols is 1. The van der Waals surface area contributed by atoms with E-state index in [0.717, 1.165) is 24.1 Å². The Hall–Kier alpha value is -3.32. The van der Waals surface area contributed by atoms with Crippen LogP contribution in [0.3, 0.4) is 0 Å². The second-order valence-electron chi connectivity index (χ2n) is 8.77. The van der Waals surface area contributed by atoms with E-state index in [1.165, 1.54) is 10.7 Å². The van der Waals surface area contributed by atoms with Crippen molar-refractivity contribution in [2.24, 2.45) is 5.92 Å². The first-order valence-electron chi connectivity index (χ1n) is 11.1. The third-order valence-corrected chi connectivity index (χ3v) is 5.83. The lowest BCUT2D eigenvalue weighted by atomic mass is 10.1. The minimum absolute atomic E-state index is 0.0281. The molecule has 1 saturated carbocycles. The molecular formula is C25H27ClN4O3. The Morgan fingerprint density at radius 3 is 2.64 bits per heavy atom. The number of halogens is 1. The summed E-state index contributed by atoms with van der Waals surface area (Å²) >= 11 is 6.19. The van der Waals surface area contributed by atoms with Crippen molar-refractivity contribution in [3.63, 3.8) is 0 Å². The second kappa shape index (κ2) is 9.67. The van der Waals surface area contributed by atoms with Gasteiger partial charge in [0.2, 0.25) is 5.91 Å². The van der Waals surface area contributed by atoms with Gasteiger partial charge in [0.15, 0.2) is 0 Å². The van der Waals surface area contributed by atoms with Gasteiger partial charge in [0.25, 0.3) is 0 Å². The third-order valence-electron chi connectivity index (χ3n) is 5.46. The molecule has 0 unspecified atom stereocenters. The lowest BCUT2D eigenvalue weighted by Crippen LogP contribution is -2.30. The molecule has 172 valence electrons. The number of hydrogen-bond acceptors (Lipinski definition) is 4. The van der Waals surface area contributed by atoms with Crippen molar-refractivity contribution in [1.29, 1.82) is 0 Å². The zero-order valence-electron chi connectivity index (χ0n) is 18.6. The van der Waals surface area contributed by atoms with Gasteiger partial charge in [-0.25, -0.2) is 4.79 Å². The second-order valence-corrected chi connectivity index (χ2v) is 9.18. The predicted molar refractivity (Wildman–Crippen MR) is 128 cm³/mol. The molecule has 1 fully saturated rings. The number of carbonyl (C=O) groups excluding carboxylic acids is 2. The molecule has 3 N–H and O–H groups in total. The molecule has 2 amide bonds. The van der Waals surface area contributed by atoms with Crippen LogP contribution in [0.1, 0.15) is 50.3 Å². The van der Waals surface area contributed by atoms with E-state index in [0.29, 0.717) is 28.4 Å². The molecule has 8 heteroatoms. The molecule has 33 heavy (non-hydrogen) atoms. The van der Waals surface area contributed by atoms with Gasteiger partial charge < -0.3 is 15.7 Å². The Labute approximate surface area is 197 Å². The van der Waals surface area contributed by atoms with Gasteiger partial charge in [0.05, 0.1) is 11.4 Å². The van der Waals surface area contributed by atoms with Crippen molar-refractivity contribution in [3.05, 3.63) is 64.8 Å². The zero-order valence-corrected chi connectivity index (χ0v) is 19.4. The fraction of sp³-hybridized carbons (Fsp3) is 0.320. The number of carbonyl (C=O) groups is 2. The minimum Gasteiger partial charge on any atom is -0.507 e. The van der Waals surface area contributed by atoms with Crippen LogP contribution in [-0.4, -0.2) is 26.8 Å². The maximum absolute atomic E-state index is 13.0. The van der Waals surface area contributed by atoms with Crippen molar-refractivity contribution >= 4 is 29.2 Å². The summed E-state index contributed by atoms with van der Waals surface area (Å²) in [6.07, 6.45) is 2.38. The molecule has 0 radical (unpaired) electrons. The summed E-state index contributed by atoms with van der Waals surface area (Å²) in [7, 11) is 0. The minimum atomic E-state index is -0.357. The van der Waals surface area contributed by atoms with Gasteiger partial charge in [-0.15, -0.1) is 0 Å². The number of nitrogens with zero attached hydrogens (tertiary/aromatic N) is 2. The molecule has 0 atom stereocenters. The first kappa shape index (κ1) is 22.9. The van der Waals surface area contributed by atoms with Gasteiger partial charge in [-0.2, -0.15) is 9.78 Å². The van der Waals surface area contributed by atoms with E-state index in [9.17, 15) is 14.7 Å². The maximum atomic E-state index is 13.0. The normalized spacial score (nSPS) is 13.2. The highest BCUT2D eigenvalue weighted by molar-refractivity contribution is 6.31. The van der Waals surface area contributed by atoms with Crippen LogP contribution in [-0.2, 0) is 11.3 Å². The number of phenolic OH excluding ortho intramolecular Hbond substituents is 1. The molecule has 1 aromatic heterocycles. The molecule has 0 bridgehead atoms. The fourth-order valence-electron chi connectivity index (χ4n) is 3.65. The summed E-state index contributed by atoms with van der Waals surface area (Å²) in [4.78, 5) is 25.1.